The molecule has 0 bridgehead atoms. The van der Waals surface area contributed by atoms with Gasteiger partial charge < -0.3 is 9.80 Å². The van der Waals surface area contributed by atoms with Gasteiger partial charge in [-0.15, -0.1) is 0 Å². The molecule has 7 rings (SSSR count). The zero-order valence-corrected chi connectivity index (χ0v) is 28.5. The monoisotopic (exact) mass is 722 g/mol. The lowest BCUT2D eigenvalue weighted by atomic mass is 10.1. The molecule has 5 aromatic rings. The molecule has 12 nitrogen and oxygen atoms in total. The number of amides is 2. The van der Waals surface area contributed by atoms with E-state index in [4.69, 9.17) is 10.2 Å². The van der Waals surface area contributed by atoms with Crippen molar-refractivity contribution in [1.82, 2.24) is 49.3 Å². The molecule has 2 saturated heterocycles. The van der Waals surface area contributed by atoms with E-state index in [2.05, 4.69) is 31.2 Å². The van der Waals surface area contributed by atoms with Crippen LogP contribution in [0.3, 0.4) is 0 Å². The maximum Gasteiger partial charge on any atom is 0.283 e. The van der Waals surface area contributed by atoms with Gasteiger partial charge in [0.25, 0.3) is 18.2 Å². The summed E-state index contributed by atoms with van der Waals surface area (Å²) in [6.07, 6.45) is 2.32. The molecule has 2 amide bonds. The minimum atomic E-state index is -2.68. The smallest absolute Gasteiger partial charge is 0.283 e. The number of nitrogens with zero attached hydrogens (tertiary/aromatic N) is 9. The molecule has 1 N–H and O–H groups in total. The highest BCUT2D eigenvalue weighted by Crippen LogP contribution is 2.31. The summed E-state index contributed by atoms with van der Waals surface area (Å²) in [6.45, 7) is 8.46. The van der Waals surface area contributed by atoms with E-state index in [0.29, 0.717) is 50.5 Å². The third-order valence-corrected chi connectivity index (χ3v) is 10.0. The standard InChI is InChI=1S/C33H37BrF2N10O2/c1-19(2)26-13-29(33(48)43-11-9-23(17-43)45-18-24(34)30(41-45)31(35)36)46(40-26)14-20(3)27-12-28(38-37-27)32(47)42-10-8-22(16-42)44-15-21-6-4-5-7-25(21)39-44/h4-7,12-13,15,18-20,22-23,31H,8-11,14,16-17H2,1-3H3,(H,37,38)/t20?,22-,23?/m1/s1. The average Bonchev–Trinajstić information content (AvgIpc) is 3.91. The summed E-state index contributed by atoms with van der Waals surface area (Å²) in [5.41, 5.74) is 3.02. The van der Waals surface area contributed by atoms with Gasteiger partial charge in [-0.05, 0) is 52.9 Å². The van der Waals surface area contributed by atoms with Gasteiger partial charge in [-0.25, -0.2) is 8.78 Å². The fourth-order valence-corrected chi connectivity index (χ4v) is 7.05. The molecule has 6 heterocycles. The Morgan fingerprint density at radius 3 is 2.29 bits per heavy atom. The Balaban J connectivity index is 1.02. The Morgan fingerprint density at radius 1 is 0.938 bits per heavy atom. The number of rotatable bonds is 9. The Hall–Kier alpha value is -4.40. The molecule has 4 aromatic heterocycles. The zero-order valence-electron chi connectivity index (χ0n) is 26.9. The lowest BCUT2D eigenvalue weighted by Crippen LogP contribution is -2.31. The zero-order chi connectivity index (χ0) is 33.7. The van der Waals surface area contributed by atoms with Gasteiger partial charge in [-0.1, -0.05) is 39.0 Å². The second-order valence-electron chi connectivity index (χ2n) is 13.1. The summed E-state index contributed by atoms with van der Waals surface area (Å²) in [5, 5.41) is 22.0. The number of aromatic nitrogens is 8. The lowest BCUT2D eigenvalue weighted by Gasteiger charge is -2.18. The van der Waals surface area contributed by atoms with Crippen molar-refractivity contribution in [3.63, 3.8) is 0 Å². The van der Waals surface area contributed by atoms with Crippen LogP contribution in [-0.2, 0) is 6.54 Å². The summed E-state index contributed by atoms with van der Waals surface area (Å²) in [5.74, 6) is -0.323. The largest absolute Gasteiger partial charge is 0.335 e. The number of aromatic amines is 1. The van der Waals surface area contributed by atoms with Crippen LogP contribution in [0, 0.1) is 0 Å². The average molecular weight is 724 g/mol. The summed E-state index contributed by atoms with van der Waals surface area (Å²) in [7, 11) is 0. The number of carbonyl (C=O) groups excluding carboxylic acids is 2. The quantitative estimate of drug-likeness (QED) is 0.201. The first kappa shape index (κ1) is 32.2. The first-order valence-electron chi connectivity index (χ1n) is 16.2. The summed E-state index contributed by atoms with van der Waals surface area (Å²) in [4.78, 5) is 30.8. The van der Waals surface area contributed by atoms with Crippen LogP contribution in [0.5, 0.6) is 0 Å². The molecule has 3 atom stereocenters. The van der Waals surface area contributed by atoms with Crippen LogP contribution in [0.25, 0.3) is 10.9 Å². The fraction of sp³-hybridized carbons (Fsp3) is 0.455. The predicted molar refractivity (Wildman–Crippen MR) is 177 cm³/mol. The highest BCUT2D eigenvalue weighted by molar-refractivity contribution is 9.10. The van der Waals surface area contributed by atoms with Crippen molar-refractivity contribution < 1.29 is 18.4 Å². The second kappa shape index (κ2) is 12.9. The Kier molecular flexibility index (Phi) is 8.64. The molecule has 15 heteroatoms. The Bertz CT molecular complexity index is 1930. The van der Waals surface area contributed by atoms with Gasteiger partial charge >= 0.3 is 0 Å². The Morgan fingerprint density at radius 2 is 1.62 bits per heavy atom. The molecule has 0 saturated carbocycles. The number of fused-ring (bicyclic) bond motifs is 1. The number of alkyl halides is 2. The van der Waals surface area contributed by atoms with Crippen LogP contribution in [0.1, 0.15) is 102 Å². The molecule has 48 heavy (non-hydrogen) atoms. The van der Waals surface area contributed by atoms with E-state index >= 15 is 0 Å². The van der Waals surface area contributed by atoms with Gasteiger partial charge in [-0.3, -0.25) is 28.7 Å². The van der Waals surface area contributed by atoms with Crippen LogP contribution in [0.15, 0.2) is 53.3 Å². The van der Waals surface area contributed by atoms with Crippen molar-refractivity contribution >= 4 is 38.6 Å². The predicted octanol–water partition coefficient (Wildman–Crippen LogP) is 5.95. The number of benzene rings is 1. The van der Waals surface area contributed by atoms with E-state index in [-0.39, 0.29) is 45.9 Å². The van der Waals surface area contributed by atoms with Crippen molar-refractivity contribution in [1.29, 1.82) is 0 Å². The molecule has 1 aromatic carbocycles. The highest BCUT2D eigenvalue weighted by atomic mass is 79.9. The number of hydrogen-bond acceptors (Lipinski definition) is 6. The molecule has 0 radical (unpaired) electrons. The van der Waals surface area contributed by atoms with Crippen LogP contribution >= 0.6 is 15.9 Å². The van der Waals surface area contributed by atoms with Gasteiger partial charge in [0.2, 0.25) is 0 Å². The van der Waals surface area contributed by atoms with Crippen LogP contribution in [0.4, 0.5) is 8.78 Å². The molecule has 0 aliphatic carbocycles. The minimum absolute atomic E-state index is 0.104. The number of nitrogens with one attached hydrogen (secondary N) is 1. The third-order valence-electron chi connectivity index (χ3n) is 9.40. The maximum absolute atomic E-state index is 13.8. The van der Waals surface area contributed by atoms with Gasteiger partial charge in [0.05, 0.1) is 27.8 Å². The third kappa shape index (κ3) is 6.15. The van der Waals surface area contributed by atoms with E-state index in [1.54, 1.807) is 21.8 Å². The van der Waals surface area contributed by atoms with Crippen molar-refractivity contribution in [2.75, 3.05) is 26.2 Å². The topological polar surface area (TPSA) is 123 Å². The van der Waals surface area contributed by atoms with Gasteiger partial charge in [0, 0.05) is 62.1 Å². The van der Waals surface area contributed by atoms with E-state index in [9.17, 15) is 18.4 Å². The first-order valence-corrected chi connectivity index (χ1v) is 17.0. The molecule has 0 spiro atoms. The molecule has 2 aliphatic heterocycles. The van der Waals surface area contributed by atoms with E-state index in [1.807, 2.05) is 66.9 Å². The van der Waals surface area contributed by atoms with Gasteiger partial charge in [-0.2, -0.15) is 20.4 Å². The molecule has 2 unspecified atom stereocenters. The molecular formula is C33H37BrF2N10O2. The lowest BCUT2D eigenvalue weighted by molar-refractivity contribution is 0.0769. The van der Waals surface area contributed by atoms with E-state index < -0.39 is 6.43 Å². The van der Waals surface area contributed by atoms with Gasteiger partial charge in [0.1, 0.15) is 17.1 Å². The normalized spacial score (nSPS) is 19.0. The summed E-state index contributed by atoms with van der Waals surface area (Å²) < 4.78 is 32.1. The van der Waals surface area contributed by atoms with Crippen LogP contribution in [-0.4, -0.2) is 87.3 Å². The van der Waals surface area contributed by atoms with Crippen molar-refractivity contribution in [3.8, 4) is 0 Å². The number of likely N-dealkylation sites (tertiary alicyclic amines) is 2. The minimum Gasteiger partial charge on any atom is -0.335 e. The van der Waals surface area contributed by atoms with E-state index in [0.717, 1.165) is 28.7 Å². The van der Waals surface area contributed by atoms with E-state index in [1.165, 1.54) is 4.68 Å². The second-order valence-corrected chi connectivity index (χ2v) is 14.0. The van der Waals surface area contributed by atoms with Crippen molar-refractivity contribution in [3.05, 3.63) is 81.7 Å². The number of carbonyl (C=O) groups is 2. The van der Waals surface area contributed by atoms with Gasteiger partial charge in [0.15, 0.2) is 0 Å². The first-order chi connectivity index (χ1) is 23.0. The molecule has 2 fully saturated rings. The van der Waals surface area contributed by atoms with Crippen molar-refractivity contribution in [2.24, 2.45) is 0 Å². The number of H-pyrrole nitrogens is 1. The SMILES string of the molecule is CC(C)c1cc(C(=O)N2CCC(n3cc(Br)c(C(F)F)n3)C2)n(CC(C)c2cc(C(=O)N3CC[C@@H](n4cc5ccccc5n4)C3)n[nH]2)n1. The number of hydrogen-bond donors (Lipinski definition) is 1. The highest BCUT2D eigenvalue weighted by Gasteiger charge is 2.33. The summed E-state index contributed by atoms with van der Waals surface area (Å²) >= 11 is 3.17. The van der Waals surface area contributed by atoms with Crippen LogP contribution in [0.2, 0.25) is 0 Å². The fourth-order valence-electron chi connectivity index (χ4n) is 6.58. The number of halogens is 3. The van der Waals surface area contributed by atoms with Crippen molar-refractivity contribution in [2.45, 2.75) is 70.5 Å². The molecule has 252 valence electrons. The molecule has 2 aliphatic rings. The molecular weight excluding hydrogens is 686 g/mol. The maximum atomic E-state index is 13.8. The Labute approximate surface area is 284 Å². The van der Waals surface area contributed by atoms with Crippen LogP contribution < -0.4 is 0 Å². The summed E-state index contributed by atoms with van der Waals surface area (Å²) in [6, 6.07) is 11.5.